The number of nitrogens with one attached hydrogen (secondary N) is 1. The number of hydrogen-bond donors (Lipinski definition) is 3. The van der Waals surface area contributed by atoms with E-state index in [1.807, 2.05) is 0 Å². The summed E-state index contributed by atoms with van der Waals surface area (Å²) in [5.74, 6) is -4.32. The van der Waals surface area contributed by atoms with E-state index < -0.39 is 23.7 Å². The summed E-state index contributed by atoms with van der Waals surface area (Å²) in [5, 5.41) is 20.3. The quantitative estimate of drug-likeness (QED) is 0.470. The van der Waals surface area contributed by atoms with Gasteiger partial charge in [0, 0.05) is 0 Å². The minimum atomic E-state index is -2.87. The van der Waals surface area contributed by atoms with Gasteiger partial charge in [-0.1, -0.05) is 0 Å². The fourth-order valence-corrected chi connectivity index (χ4v) is 1.82. The maximum atomic E-state index is 11.9. The maximum absolute atomic E-state index is 11.9. The van der Waals surface area contributed by atoms with Gasteiger partial charge in [-0.25, -0.2) is 10.4 Å². The SMILES string of the molecule is COC(=O)C1NN(c2ccc(OC)cc2)C(=O)C1(O)O. The van der Waals surface area contributed by atoms with E-state index in [-0.39, 0.29) is 0 Å². The molecule has 1 saturated heterocycles. The van der Waals surface area contributed by atoms with Crippen LogP contribution in [-0.2, 0) is 14.3 Å². The zero-order valence-corrected chi connectivity index (χ0v) is 10.9. The van der Waals surface area contributed by atoms with Gasteiger partial charge in [0.2, 0.25) is 0 Å². The Hall–Kier alpha value is -2.16. The van der Waals surface area contributed by atoms with E-state index in [0.29, 0.717) is 11.4 Å². The summed E-state index contributed by atoms with van der Waals surface area (Å²) >= 11 is 0. The van der Waals surface area contributed by atoms with Crippen LogP contribution in [0.1, 0.15) is 0 Å². The first-order chi connectivity index (χ1) is 9.41. The standard InChI is InChI=1S/C12H14N2O6/c1-19-8-5-3-7(4-6-8)14-11(16)12(17,18)9(13-14)10(15)20-2/h3-6,9,13,17-18H,1-2H3. The van der Waals surface area contributed by atoms with E-state index in [4.69, 9.17) is 4.74 Å². The molecule has 8 heteroatoms. The Labute approximate surface area is 114 Å². The van der Waals surface area contributed by atoms with Crippen molar-refractivity contribution in [1.29, 1.82) is 0 Å². The van der Waals surface area contributed by atoms with Crippen molar-refractivity contribution in [2.45, 2.75) is 11.8 Å². The van der Waals surface area contributed by atoms with Crippen molar-refractivity contribution in [3.05, 3.63) is 24.3 Å². The molecule has 20 heavy (non-hydrogen) atoms. The molecule has 1 atom stereocenters. The van der Waals surface area contributed by atoms with Gasteiger partial charge in [-0.3, -0.25) is 9.59 Å². The fourth-order valence-electron chi connectivity index (χ4n) is 1.82. The van der Waals surface area contributed by atoms with Crippen LogP contribution in [0.25, 0.3) is 0 Å². The Balaban J connectivity index is 2.29. The second-order valence-corrected chi connectivity index (χ2v) is 4.15. The molecule has 1 aliphatic heterocycles. The predicted octanol–water partition coefficient (Wildman–Crippen LogP) is -1.23. The van der Waals surface area contributed by atoms with Crippen LogP contribution in [0, 0.1) is 0 Å². The van der Waals surface area contributed by atoms with Gasteiger partial charge in [0.05, 0.1) is 19.9 Å². The van der Waals surface area contributed by atoms with Crippen LogP contribution in [0.4, 0.5) is 5.69 Å². The number of ether oxygens (including phenoxy) is 2. The van der Waals surface area contributed by atoms with Gasteiger partial charge in [0.15, 0.2) is 6.04 Å². The zero-order chi connectivity index (χ0) is 14.9. The topological polar surface area (TPSA) is 108 Å². The summed E-state index contributed by atoms with van der Waals surface area (Å²) in [6.07, 6.45) is 0. The Bertz CT molecular complexity index is 527. The van der Waals surface area contributed by atoms with Crippen LogP contribution in [-0.4, -0.2) is 48.1 Å². The van der Waals surface area contributed by atoms with Gasteiger partial charge in [-0.05, 0) is 24.3 Å². The van der Waals surface area contributed by atoms with E-state index in [0.717, 1.165) is 12.1 Å². The zero-order valence-electron chi connectivity index (χ0n) is 10.9. The van der Waals surface area contributed by atoms with Gasteiger partial charge in [-0.15, -0.1) is 0 Å². The molecule has 3 N–H and O–H groups in total. The molecule has 0 aromatic heterocycles. The molecule has 1 aliphatic rings. The fraction of sp³-hybridized carbons (Fsp3) is 0.333. The molecular weight excluding hydrogens is 268 g/mol. The van der Waals surface area contributed by atoms with Crippen molar-refractivity contribution >= 4 is 17.6 Å². The summed E-state index contributed by atoms with van der Waals surface area (Å²) in [4.78, 5) is 23.4. The Kier molecular flexibility index (Phi) is 3.62. The molecule has 2 rings (SSSR count). The highest BCUT2D eigenvalue weighted by Crippen LogP contribution is 2.26. The molecule has 1 aromatic rings. The van der Waals surface area contributed by atoms with Crippen LogP contribution in [0.15, 0.2) is 24.3 Å². The van der Waals surface area contributed by atoms with E-state index in [1.165, 1.54) is 19.2 Å². The molecule has 1 heterocycles. The molecule has 0 spiro atoms. The summed E-state index contributed by atoms with van der Waals surface area (Å²) in [5.41, 5.74) is 2.73. The number of amides is 1. The Morgan fingerprint density at radius 3 is 2.40 bits per heavy atom. The van der Waals surface area contributed by atoms with Crippen molar-refractivity contribution < 1.29 is 29.3 Å². The molecule has 108 valence electrons. The molecule has 0 bridgehead atoms. The van der Waals surface area contributed by atoms with Crippen molar-refractivity contribution in [2.75, 3.05) is 19.2 Å². The first kappa shape index (κ1) is 14.3. The lowest BCUT2D eigenvalue weighted by Gasteiger charge is -2.16. The first-order valence-corrected chi connectivity index (χ1v) is 5.69. The van der Waals surface area contributed by atoms with Crippen molar-refractivity contribution in [1.82, 2.24) is 5.43 Å². The first-order valence-electron chi connectivity index (χ1n) is 5.69. The van der Waals surface area contributed by atoms with Crippen LogP contribution in [0.2, 0.25) is 0 Å². The van der Waals surface area contributed by atoms with Crippen LogP contribution in [0.3, 0.4) is 0 Å². The number of anilines is 1. The number of aliphatic hydroxyl groups is 2. The molecule has 0 saturated carbocycles. The van der Waals surface area contributed by atoms with E-state index in [2.05, 4.69) is 10.2 Å². The van der Waals surface area contributed by atoms with Crippen molar-refractivity contribution in [2.24, 2.45) is 0 Å². The number of esters is 1. The minimum Gasteiger partial charge on any atom is -0.497 e. The number of carbonyl (C=O) groups excluding carboxylic acids is 2. The number of benzene rings is 1. The molecule has 8 nitrogen and oxygen atoms in total. The highest BCUT2D eigenvalue weighted by atomic mass is 16.5. The van der Waals surface area contributed by atoms with Crippen LogP contribution < -0.4 is 15.2 Å². The van der Waals surface area contributed by atoms with Gasteiger partial charge in [0.1, 0.15) is 5.75 Å². The second-order valence-electron chi connectivity index (χ2n) is 4.15. The van der Waals surface area contributed by atoms with Gasteiger partial charge in [0.25, 0.3) is 5.79 Å². The minimum absolute atomic E-state index is 0.328. The lowest BCUT2D eigenvalue weighted by atomic mass is 10.1. The average Bonchev–Trinajstić information content (AvgIpc) is 2.69. The molecule has 1 unspecified atom stereocenters. The lowest BCUT2D eigenvalue weighted by molar-refractivity contribution is -0.190. The highest BCUT2D eigenvalue weighted by molar-refractivity contribution is 6.04. The number of carbonyl (C=O) groups is 2. The number of hydrazine groups is 1. The largest absolute Gasteiger partial charge is 0.497 e. The van der Waals surface area contributed by atoms with Gasteiger partial charge < -0.3 is 19.7 Å². The smallest absolute Gasteiger partial charge is 0.330 e. The molecule has 1 amide bonds. The van der Waals surface area contributed by atoms with Crippen molar-refractivity contribution in [3.8, 4) is 5.75 Å². The number of methoxy groups -OCH3 is 2. The molecule has 0 radical (unpaired) electrons. The van der Waals surface area contributed by atoms with E-state index in [9.17, 15) is 19.8 Å². The molecule has 1 aromatic carbocycles. The third-order valence-corrected chi connectivity index (χ3v) is 2.95. The van der Waals surface area contributed by atoms with E-state index >= 15 is 0 Å². The summed E-state index contributed by atoms with van der Waals surface area (Å²) in [6.45, 7) is 0. The second kappa shape index (κ2) is 5.08. The summed E-state index contributed by atoms with van der Waals surface area (Å²) in [7, 11) is 2.58. The monoisotopic (exact) mass is 282 g/mol. The van der Waals surface area contributed by atoms with Crippen LogP contribution in [0.5, 0.6) is 5.75 Å². The average molecular weight is 282 g/mol. The number of nitrogens with zero attached hydrogens (tertiary/aromatic N) is 1. The summed E-state index contributed by atoms with van der Waals surface area (Å²) in [6, 6.07) is 4.64. The van der Waals surface area contributed by atoms with Gasteiger partial charge in [-0.2, -0.15) is 0 Å². The molecule has 1 fully saturated rings. The predicted molar refractivity (Wildman–Crippen MR) is 66.6 cm³/mol. The summed E-state index contributed by atoms with van der Waals surface area (Å²) < 4.78 is 9.40. The highest BCUT2D eigenvalue weighted by Gasteiger charge is 2.57. The lowest BCUT2D eigenvalue weighted by Crippen LogP contribution is -2.51. The van der Waals surface area contributed by atoms with Gasteiger partial charge >= 0.3 is 11.9 Å². The van der Waals surface area contributed by atoms with E-state index in [1.54, 1.807) is 12.1 Å². The normalized spacial score (nSPS) is 20.9. The Morgan fingerprint density at radius 2 is 1.90 bits per heavy atom. The number of rotatable bonds is 3. The maximum Gasteiger partial charge on any atom is 0.330 e. The third kappa shape index (κ3) is 2.20. The third-order valence-electron chi connectivity index (χ3n) is 2.95. The molecule has 0 aliphatic carbocycles. The van der Waals surface area contributed by atoms with Crippen LogP contribution >= 0.6 is 0 Å². The number of hydrogen-bond acceptors (Lipinski definition) is 7. The Morgan fingerprint density at radius 1 is 1.30 bits per heavy atom. The van der Waals surface area contributed by atoms with Crippen molar-refractivity contribution in [3.63, 3.8) is 0 Å². The molecular formula is C12H14N2O6.